The number of benzene rings is 1. The van der Waals surface area contributed by atoms with E-state index < -0.39 is 0 Å². The highest BCUT2D eigenvalue weighted by atomic mass is 79.9. The van der Waals surface area contributed by atoms with Crippen molar-refractivity contribution in [1.82, 2.24) is 10.2 Å². The molecule has 0 radical (unpaired) electrons. The SMILES string of the molecule is CCN1CCC(CNCc2ccc([N+](=O)[O-])cc2Br)CC1. The summed E-state index contributed by atoms with van der Waals surface area (Å²) in [6.45, 7) is 7.52. The molecule has 1 aliphatic rings. The largest absolute Gasteiger partial charge is 0.312 e. The van der Waals surface area contributed by atoms with Gasteiger partial charge in [-0.05, 0) is 56.6 Å². The standard InChI is InChI=1S/C15H22BrN3O2/c1-2-18-7-5-12(6-8-18)10-17-11-13-3-4-14(19(20)21)9-15(13)16/h3-4,9,12,17H,2,5-8,10-11H2,1H3. The first-order chi connectivity index (χ1) is 10.1. The number of piperidine rings is 1. The number of hydrogen-bond donors (Lipinski definition) is 1. The number of nitrogens with one attached hydrogen (secondary N) is 1. The Morgan fingerprint density at radius 2 is 2.14 bits per heavy atom. The van der Waals surface area contributed by atoms with Gasteiger partial charge in [-0.2, -0.15) is 0 Å². The Hall–Kier alpha value is -0.980. The van der Waals surface area contributed by atoms with Gasteiger partial charge in [0, 0.05) is 23.2 Å². The lowest BCUT2D eigenvalue weighted by molar-refractivity contribution is -0.384. The molecule has 1 aromatic rings. The molecule has 0 aromatic heterocycles. The molecule has 21 heavy (non-hydrogen) atoms. The van der Waals surface area contributed by atoms with Crippen LogP contribution in [0.15, 0.2) is 22.7 Å². The second-order valence-electron chi connectivity index (χ2n) is 5.54. The fourth-order valence-electron chi connectivity index (χ4n) is 2.71. The van der Waals surface area contributed by atoms with Gasteiger partial charge in [0.15, 0.2) is 0 Å². The van der Waals surface area contributed by atoms with E-state index in [1.807, 2.05) is 6.07 Å². The molecule has 0 bridgehead atoms. The van der Waals surface area contributed by atoms with Crippen molar-refractivity contribution in [2.24, 2.45) is 5.92 Å². The van der Waals surface area contributed by atoms with Gasteiger partial charge in [0.05, 0.1) is 4.92 Å². The van der Waals surface area contributed by atoms with Crippen molar-refractivity contribution in [2.75, 3.05) is 26.2 Å². The zero-order valence-corrected chi connectivity index (χ0v) is 13.9. The van der Waals surface area contributed by atoms with Gasteiger partial charge in [-0.3, -0.25) is 10.1 Å². The van der Waals surface area contributed by atoms with Crippen molar-refractivity contribution in [3.05, 3.63) is 38.3 Å². The fourth-order valence-corrected chi connectivity index (χ4v) is 3.22. The van der Waals surface area contributed by atoms with Crippen LogP contribution in [0.3, 0.4) is 0 Å². The zero-order valence-electron chi connectivity index (χ0n) is 12.3. The first kappa shape index (κ1) is 16.4. The maximum absolute atomic E-state index is 10.7. The minimum absolute atomic E-state index is 0.123. The van der Waals surface area contributed by atoms with E-state index in [0.717, 1.165) is 35.6 Å². The van der Waals surface area contributed by atoms with Gasteiger partial charge in [0.1, 0.15) is 0 Å². The first-order valence-corrected chi connectivity index (χ1v) is 8.25. The third-order valence-electron chi connectivity index (χ3n) is 4.15. The van der Waals surface area contributed by atoms with E-state index in [1.165, 1.54) is 25.9 Å². The predicted molar refractivity (Wildman–Crippen MR) is 87.3 cm³/mol. The molecule has 1 heterocycles. The maximum Gasteiger partial charge on any atom is 0.270 e. The third kappa shape index (κ3) is 4.76. The van der Waals surface area contributed by atoms with Crippen molar-refractivity contribution >= 4 is 21.6 Å². The minimum atomic E-state index is -0.372. The Bertz CT molecular complexity index is 488. The molecule has 0 aliphatic carbocycles. The van der Waals surface area contributed by atoms with Crippen molar-refractivity contribution in [2.45, 2.75) is 26.3 Å². The summed E-state index contributed by atoms with van der Waals surface area (Å²) in [5.74, 6) is 0.740. The predicted octanol–water partition coefficient (Wildman–Crippen LogP) is 3.18. The molecule has 116 valence electrons. The average Bonchev–Trinajstić information content (AvgIpc) is 2.49. The van der Waals surface area contributed by atoms with Crippen molar-refractivity contribution < 1.29 is 4.92 Å². The van der Waals surface area contributed by atoms with Crippen LogP contribution in [-0.4, -0.2) is 36.0 Å². The second-order valence-corrected chi connectivity index (χ2v) is 6.40. The van der Waals surface area contributed by atoms with Crippen LogP contribution in [0.4, 0.5) is 5.69 Å². The Labute approximate surface area is 134 Å². The van der Waals surface area contributed by atoms with Crippen molar-refractivity contribution in [3.8, 4) is 0 Å². The lowest BCUT2D eigenvalue weighted by Gasteiger charge is -2.31. The fraction of sp³-hybridized carbons (Fsp3) is 0.600. The molecular weight excluding hydrogens is 334 g/mol. The monoisotopic (exact) mass is 355 g/mol. The highest BCUT2D eigenvalue weighted by Crippen LogP contribution is 2.23. The van der Waals surface area contributed by atoms with E-state index in [2.05, 4.69) is 33.1 Å². The highest BCUT2D eigenvalue weighted by Gasteiger charge is 2.17. The van der Waals surface area contributed by atoms with E-state index in [-0.39, 0.29) is 10.6 Å². The first-order valence-electron chi connectivity index (χ1n) is 7.46. The van der Waals surface area contributed by atoms with Crippen molar-refractivity contribution in [3.63, 3.8) is 0 Å². The molecule has 0 unspecified atom stereocenters. The lowest BCUT2D eigenvalue weighted by Crippen LogP contribution is -2.36. The summed E-state index contributed by atoms with van der Waals surface area (Å²) in [6.07, 6.45) is 2.50. The summed E-state index contributed by atoms with van der Waals surface area (Å²) in [4.78, 5) is 12.8. The Morgan fingerprint density at radius 3 is 2.71 bits per heavy atom. The molecule has 0 spiro atoms. The molecule has 1 fully saturated rings. The maximum atomic E-state index is 10.7. The summed E-state index contributed by atoms with van der Waals surface area (Å²) in [5, 5.41) is 14.2. The molecule has 1 N–H and O–H groups in total. The summed E-state index contributed by atoms with van der Waals surface area (Å²) >= 11 is 3.41. The summed E-state index contributed by atoms with van der Waals surface area (Å²) < 4.78 is 0.796. The van der Waals surface area contributed by atoms with Crippen LogP contribution in [0, 0.1) is 16.0 Å². The number of nitro benzene ring substituents is 1. The zero-order chi connectivity index (χ0) is 15.2. The van der Waals surface area contributed by atoms with E-state index in [0.29, 0.717) is 0 Å². The summed E-state index contributed by atoms with van der Waals surface area (Å²) in [7, 11) is 0. The van der Waals surface area contributed by atoms with Crippen LogP contribution in [0.2, 0.25) is 0 Å². The molecule has 2 rings (SSSR count). The van der Waals surface area contributed by atoms with Gasteiger partial charge in [-0.15, -0.1) is 0 Å². The van der Waals surface area contributed by atoms with Crippen LogP contribution in [0.1, 0.15) is 25.3 Å². The molecule has 0 atom stereocenters. The highest BCUT2D eigenvalue weighted by molar-refractivity contribution is 9.10. The normalized spacial score (nSPS) is 17.0. The van der Waals surface area contributed by atoms with E-state index in [1.54, 1.807) is 12.1 Å². The Morgan fingerprint density at radius 1 is 1.43 bits per heavy atom. The van der Waals surface area contributed by atoms with Gasteiger partial charge in [0.2, 0.25) is 0 Å². The number of hydrogen-bond acceptors (Lipinski definition) is 4. The Balaban J connectivity index is 1.77. The van der Waals surface area contributed by atoms with Crippen molar-refractivity contribution in [1.29, 1.82) is 0 Å². The number of rotatable bonds is 6. The number of non-ortho nitro benzene ring substituents is 1. The van der Waals surface area contributed by atoms with Crippen LogP contribution in [0.5, 0.6) is 0 Å². The lowest BCUT2D eigenvalue weighted by atomic mass is 9.97. The number of nitrogens with zero attached hydrogens (tertiary/aromatic N) is 2. The number of likely N-dealkylation sites (tertiary alicyclic amines) is 1. The number of halogens is 1. The minimum Gasteiger partial charge on any atom is -0.312 e. The molecule has 1 aromatic carbocycles. The van der Waals surface area contributed by atoms with E-state index in [9.17, 15) is 10.1 Å². The van der Waals surface area contributed by atoms with Gasteiger partial charge in [-0.1, -0.05) is 22.9 Å². The molecule has 0 saturated carbocycles. The topological polar surface area (TPSA) is 58.4 Å². The summed E-state index contributed by atoms with van der Waals surface area (Å²) in [5.41, 5.74) is 1.18. The van der Waals surface area contributed by atoms with Gasteiger partial charge >= 0.3 is 0 Å². The molecular formula is C15H22BrN3O2. The third-order valence-corrected chi connectivity index (χ3v) is 4.89. The smallest absolute Gasteiger partial charge is 0.270 e. The Kier molecular flexibility index (Phi) is 6.14. The molecule has 6 heteroatoms. The van der Waals surface area contributed by atoms with Gasteiger partial charge in [-0.25, -0.2) is 0 Å². The molecule has 5 nitrogen and oxygen atoms in total. The molecule has 1 aliphatic heterocycles. The van der Waals surface area contributed by atoms with Crippen LogP contribution in [-0.2, 0) is 6.54 Å². The quantitative estimate of drug-likeness (QED) is 0.628. The number of nitro groups is 1. The van der Waals surface area contributed by atoms with E-state index in [4.69, 9.17) is 0 Å². The second kappa shape index (κ2) is 7.87. The van der Waals surface area contributed by atoms with Crippen LogP contribution in [0.25, 0.3) is 0 Å². The van der Waals surface area contributed by atoms with Gasteiger partial charge < -0.3 is 10.2 Å². The van der Waals surface area contributed by atoms with Crippen LogP contribution >= 0.6 is 15.9 Å². The molecule has 1 saturated heterocycles. The van der Waals surface area contributed by atoms with Crippen LogP contribution < -0.4 is 5.32 Å². The van der Waals surface area contributed by atoms with E-state index >= 15 is 0 Å². The van der Waals surface area contributed by atoms with Gasteiger partial charge in [0.25, 0.3) is 5.69 Å². The molecule has 0 amide bonds. The summed E-state index contributed by atoms with van der Waals surface area (Å²) in [6, 6.07) is 4.94. The average molecular weight is 356 g/mol.